The lowest BCUT2D eigenvalue weighted by molar-refractivity contribution is -0.116. The summed E-state index contributed by atoms with van der Waals surface area (Å²) in [6.45, 7) is 3.25. The molecule has 2 heterocycles. The quantitative estimate of drug-likeness (QED) is 0.798. The molecule has 1 fully saturated rings. The van der Waals surface area contributed by atoms with E-state index in [2.05, 4.69) is 28.1 Å². The number of benzene rings is 1. The fourth-order valence-electron chi connectivity index (χ4n) is 3.28. The average Bonchev–Trinajstić information content (AvgIpc) is 2.54. The van der Waals surface area contributed by atoms with E-state index in [0.717, 1.165) is 38.2 Å². The number of fused-ring (bicyclic) bond motifs is 1. The number of anilines is 2. The summed E-state index contributed by atoms with van der Waals surface area (Å²) in [6.07, 6.45) is 6.33. The van der Waals surface area contributed by atoms with Gasteiger partial charge in [-0.3, -0.25) is 4.79 Å². The zero-order valence-corrected chi connectivity index (χ0v) is 12.6. The lowest BCUT2D eigenvalue weighted by Gasteiger charge is -2.22. The Kier molecular flexibility index (Phi) is 4.76. The second-order valence-corrected chi connectivity index (χ2v) is 6.18. The third-order valence-electron chi connectivity index (χ3n) is 4.57. The molecule has 2 aliphatic heterocycles. The Morgan fingerprint density at radius 1 is 1.24 bits per heavy atom. The first-order valence-electron chi connectivity index (χ1n) is 8.18. The van der Waals surface area contributed by atoms with Crippen LogP contribution in [0.4, 0.5) is 11.4 Å². The molecule has 3 rings (SSSR count). The molecule has 1 amide bonds. The molecule has 0 aliphatic carbocycles. The second kappa shape index (κ2) is 6.94. The van der Waals surface area contributed by atoms with Gasteiger partial charge >= 0.3 is 0 Å². The number of carbonyl (C=O) groups is 1. The number of hydrogen-bond donors (Lipinski definition) is 3. The van der Waals surface area contributed by atoms with Crippen LogP contribution in [-0.2, 0) is 11.2 Å². The molecular weight excluding hydrogens is 262 g/mol. The molecule has 4 heteroatoms. The van der Waals surface area contributed by atoms with Gasteiger partial charge < -0.3 is 16.0 Å². The molecule has 1 aromatic carbocycles. The van der Waals surface area contributed by atoms with Crippen molar-refractivity contribution in [3.63, 3.8) is 0 Å². The van der Waals surface area contributed by atoms with Gasteiger partial charge in [0.05, 0.1) is 0 Å². The van der Waals surface area contributed by atoms with Crippen molar-refractivity contribution in [2.24, 2.45) is 5.92 Å². The van der Waals surface area contributed by atoms with Crippen molar-refractivity contribution < 1.29 is 4.79 Å². The highest BCUT2D eigenvalue weighted by Gasteiger charge is 2.15. The van der Waals surface area contributed by atoms with Crippen LogP contribution in [0.5, 0.6) is 0 Å². The van der Waals surface area contributed by atoms with Gasteiger partial charge in [-0.25, -0.2) is 0 Å². The lowest BCUT2D eigenvalue weighted by atomic mass is 9.93. The largest absolute Gasteiger partial charge is 0.385 e. The number of hydrogen-bond acceptors (Lipinski definition) is 3. The van der Waals surface area contributed by atoms with Gasteiger partial charge in [0.25, 0.3) is 0 Å². The Balaban J connectivity index is 1.50. The Labute approximate surface area is 126 Å². The first kappa shape index (κ1) is 14.4. The van der Waals surface area contributed by atoms with E-state index in [4.69, 9.17) is 0 Å². The van der Waals surface area contributed by atoms with Crippen molar-refractivity contribution in [3.8, 4) is 0 Å². The summed E-state index contributed by atoms with van der Waals surface area (Å²) in [4.78, 5) is 12.1. The minimum atomic E-state index is 0.150. The molecule has 0 spiro atoms. The zero-order chi connectivity index (χ0) is 14.5. The highest BCUT2D eigenvalue weighted by Crippen LogP contribution is 2.25. The van der Waals surface area contributed by atoms with Crippen molar-refractivity contribution in [2.45, 2.75) is 38.5 Å². The van der Waals surface area contributed by atoms with Crippen LogP contribution >= 0.6 is 0 Å². The maximum Gasteiger partial charge on any atom is 0.224 e. The molecule has 21 heavy (non-hydrogen) atoms. The fraction of sp³-hybridized carbons (Fsp3) is 0.588. The molecule has 0 aromatic heterocycles. The van der Waals surface area contributed by atoms with Crippen LogP contribution < -0.4 is 16.0 Å². The van der Waals surface area contributed by atoms with Gasteiger partial charge in [-0.15, -0.1) is 0 Å². The summed E-state index contributed by atoms with van der Waals surface area (Å²) in [5, 5.41) is 9.81. The smallest absolute Gasteiger partial charge is 0.224 e. The number of carbonyl (C=O) groups excluding carboxylic acids is 1. The predicted octanol–water partition coefficient (Wildman–Crippen LogP) is 2.76. The van der Waals surface area contributed by atoms with E-state index in [-0.39, 0.29) is 5.91 Å². The Morgan fingerprint density at radius 2 is 2.10 bits per heavy atom. The van der Waals surface area contributed by atoms with Crippen LogP contribution in [0.2, 0.25) is 0 Å². The molecule has 3 N–H and O–H groups in total. The first-order valence-corrected chi connectivity index (χ1v) is 8.18. The number of aryl methyl sites for hydroxylation is 1. The minimum Gasteiger partial charge on any atom is -0.385 e. The average molecular weight is 287 g/mol. The normalized spacial score (nSPS) is 18.7. The molecule has 114 valence electrons. The van der Waals surface area contributed by atoms with Crippen molar-refractivity contribution in [2.75, 3.05) is 30.3 Å². The van der Waals surface area contributed by atoms with Crippen molar-refractivity contribution in [3.05, 3.63) is 23.8 Å². The van der Waals surface area contributed by atoms with E-state index >= 15 is 0 Å². The van der Waals surface area contributed by atoms with Gasteiger partial charge in [0, 0.05) is 24.3 Å². The molecule has 0 radical (unpaired) electrons. The van der Waals surface area contributed by atoms with Crippen molar-refractivity contribution in [1.82, 2.24) is 5.32 Å². The van der Waals surface area contributed by atoms with Crippen LogP contribution in [0.15, 0.2) is 18.2 Å². The molecule has 0 saturated carbocycles. The third-order valence-corrected chi connectivity index (χ3v) is 4.57. The summed E-state index contributed by atoms with van der Waals surface area (Å²) in [6, 6.07) is 6.19. The van der Waals surface area contributed by atoms with Crippen LogP contribution in [0.3, 0.4) is 0 Å². The van der Waals surface area contributed by atoms with Crippen LogP contribution in [0.1, 0.15) is 37.7 Å². The minimum absolute atomic E-state index is 0.150. The molecule has 1 aromatic rings. The van der Waals surface area contributed by atoms with E-state index in [9.17, 15) is 4.79 Å². The van der Waals surface area contributed by atoms with Crippen LogP contribution in [-0.4, -0.2) is 25.5 Å². The number of rotatable bonds is 4. The highest BCUT2D eigenvalue weighted by atomic mass is 16.1. The zero-order valence-electron chi connectivity index (χ0n) is 12.6. The SMILES string of the molecule is O=C(CCC1CCNCC1)Nc1ccc2c(c1)CCCN2. The van der Waals surface area contributed by atoms with E-state index in [1.165, 1.54) is 30.5 Å². The molecule has 4 nitrogen and oxygen atoms in total. The maximum atomic E-state index is 12.1. The lowest BCUT2D eigenvalue weighted by Crippen LogP contribution is -2.28. The Morgan fingerprint density at radius 3 is 2.95 bits per heavy atom. The van der Waals surface area contributed by atoms with E-state index < -0.39 is 0 Å². The van der Waals surface area contributed by atoms with Gasteiger partial charge in [0.15, 0.2) is 0 Å². The number of amides is 1. The van der Waals surface area contributed by atoms with E-state index in [0.29, 0.717) is 12.3 Å². The Bertz CT molecular complexity index is 495. The van der Waals surface area contributed by atoms with Crippen LogP contribution in [0, 0.1) is 5.92 Å². The topological polar surface area (TPSA) is 53.2 Å². The van der Waals surface area contributed by atoms with Gasteiger partial charge in [0.2, 0.25) is 5.91 Å². The molecule has 1 saturated heterocycles. The highest BCUT2D eigenvalue weighted by molar-refractivity contribution is 5.91. The van der Waals surface area contributed by atoms with Crippen LogP contribution in [0.25, 0.3) is 0 Å². The first-order chi connectivity index (χ1) is 10.3. The number of nitrogens with one attached hydrogen (secondary N) is 3. The van der Waals surface area contributed by atoms with Gasteiger partial charge in [-0.05, 0) is 74.9 Å². The van der Waals surface area contributed by atoms with E-state index in [1.807, 2.05) is 6.07 Å². The number of piperidine rings is 1. The Hall–Kier alpha value is -1.55. The molecule has 0 unspecified atom stereocenters. The fourth-order valence-corrected chi connectivity index (χ4v) is 3.28. The standard InChI is InChI=1S/C17H25N3O/c21-17(6-3-13-7-10-18-11-8-13)20-15-4-5-16-14(12-15)2-1-9-19-16/h4-5,12-13,18-19H,1-3,6-11H2,(H,20,21). The van der Waals surface area contributed by atoms with Gasteiger partial charge in [-0.1, -0.05) is 0 Å². The van der Waals surface area contributed by atoms with Gasteiger partial charge in [0.1, 0.15) is 0 Å². The van der Waals surface area contributed by atoms with E-state index in [1.54, 1.807) is 0 Å². The van der Waals surface area contributed by atoms with Crippen molar-refractivity contribution in [1.29, 1.82) is 0 Å². The van der Waals surface area contributed by atoms with Gasteiger partial charge in [-0.2, -0.15) is 0 Å². The molecule has 0 atom stereocenters. The second-order valence-electron chi connectivity index (χ2n) is 6.18. The monoisotopic (exact) mass is 287 g/mol. The van der Waals surface area contributed by atoms with Crippen molar-refractivity contribution >= 4 is 17.3 Å². The summed E-state index contributed by atoms with van der Waals surface area (Å²) >= 11 is 0. The third kappa shape index (κ3) is 3.97. The molecule has 2 aliphatic rings. The molecule has 0 bridgehead atoms. The summed E-state index contributed by atoms with van der Waals surface area (Å²) in [5.41, 5.74) is 3.47. The molecular formula is C17H25N3O. The maximum absolute atomic E-state index is 12.1. The summed E-state index contributed by atoms with van der Waals surface area (Å²) in [5.74, 6) is 0.863. The summed E-state index contributed by atoms with van der Waals surface area (Å²) < 4.78 is 0. The summed E-state index contributed by atoms with van der Waals surface area (Å²) in [7, 11) is 0. The predicted molar refractivity (Wildman–Crippen MR) is 86.7 cm³/mol.